The molecule has 0 atom stereocenters. The molecule has 0 fully saturated rings. The van der Waals surface area contributed by atoms with Crippen LogP contribution >= 0.6 is 11.6 Å². The predicted octanol–water partition coefficient (Wildman–Crippen LogP) is 4.16. The molecule has 0 aliphatic heterocycles. The van der Waals surface area contributed by atoms with Gasteiger partial charge in [0.15, 0.2) is 0 Å². The number of hydrogen-bond acceptors (Lipinski definition) is 1. The van der Waals surface area contributed by atoms with Gasteiger partial charge in [0.1, 0.15) is 5.82 Å². The Morgan fingerprint density at radius 3 is 2.56 bits per heavy atom. The maximum atomic E-state index is 13.7. The molecular weight excluding hydrogens is 225 g/mol. The van der Waals surface area contributed by atoms with E-state index in [0.717, 1.165) is 16.8 Å². The van der Waals surface area contributed by atoms with Crippen LogP contribution in [0.4, 0.5) is 4.39 Å². The van der Waals surface area contributed by atoms with Crippen LogP contribution in [0.5, 0.6) is 0 Å². The minimum atomic E-state index is -0.304. The molecule has 0 N–H and O–H groups in total. The fourth-order valence-electron chi connectivity index (χ4n) is 1.63. The van der Waals surface area contributed by atoms with Gasteiger partial charge in [0.2, 0.25) is 0 Å². The van der Waals surface area contributed by atoms with Crippen molar-refractivity contribution in [2.45, 2.75) is 13.8 Å². The molecule has 1 heterocycles. The van der Waals surface area contributed by atoms with E-state index in [4.69, 9.17) is 11.6 Å². The molecular formula is C13H11ClFN. The lowest BCUT2D eigenvalue weighted by Crippen LogP contribution is -1.91. The molecule has 1 aromatic heterocycles. The van der Waals surface area contributed by atoms with Gasteiger partial charge < -0.3 is 0 Å². The molecule has 0 aliphatic rings. The number of halogens is 2. The number of pyridine rings is 1. The Kier molecular flexibility index (Phi) is 2.92. The highest BCUT2D eigenvalue weighted by Crippen LogP contribution is 2.27. The monoisotopic (exact) mass is 235 g/mol. The number of nitrogens with zero attached hydrogens (tertiary/aromatic N) is 1. The van der Waals surface area contributed by atoms with Crippen LogP contribution in [-0.4, -0.2) is 4.98 Å². The Morgan fingerprint density at radius 1 is 1.12 bits per heavy atom. The van der Waals surface area contributed by atoms with Crippen molar-refractivity contribution in [3.63, 3.8) is 0 Å². The Labute approximate surface area is 98.9 Å². The van der Waals surface area contributed by atoms with Crippen LogP contribution < -0.4 is 0 Å². The summed E-state index contributed by atoms with van der Waals surface area (Å²) >= 11 is 5.72. The van der Waals surface area contributed by atoms with Crippen LogP contribution in [0.25, 0.3) is 11.1 Å². The van der Waals surface area contributed by atoms with E-state index in [9.17, 15) is 4.39 Å². The minimum absolute atomic E-state index is 0.304. The molecule has 16 heavy (non-hydrogen) atoms. The summed E-state index contributed by atoms with van der Waals surface area (Å²) in [6.45, 7) is 3.80. The molecule has 1 nitrogen and oxygen atoms in total. The van der Waals surface area contributed by atoms with Crippen LogP contribution in [0.2, 0.25) is 5.02 Å². The van der Waals surface area contributed by atoms with Crippen LogP contribution in [0.3, 0.4) is 0 Å². The Balaban J connectivity index is 2.62. The van der Waals surface area contributed by atoms with E-state index in [1.165, 1.54) is 6.07 Å². The van der Waals surface area contributed by atoms with Gasteiger partial charge in [-0.1, -0.05) is 11.6 Å². The lowest BCUT2D eigenvalue weighted by molar-refractivity contribution is 0.631. The van der Waals surface area contributed by atoms with Gasteiger partial charge in [-0.3, -0.25) is 4.98 Å². The molecule has 0 amide bonds. The maximum Gasteiger partial charge on any atom is 0.132 e. The third kappa shape index (κ3) is 2.07. The van der Waals surface area contributed by atoms with Gasteiger partial charge in [-0.05, 0) is 49.2 Å². The summed E-state index contributed by atoms with van der Waals surface area (Å²) in [5, 5.41) is 0.407. The molecule has 0 radical (unpaired) electrons. The van der Waals surface area contributed by atoms with Crippen molar-refractivity contribution in [3.05, 3.63) is 52.6 Å². The molecule has 3 heteroatoms. The topological polar surface area (TPSA) is 12.9 Å². The van der Waals surface area contributed by atoms with E-state index in [0.29, 0.717) is 10.6 Å². The Hall–Kier alpha value is -1.41. The molecule has 2 rings (SSSR count). The maximum absolute atomic E-state index is 13.7. The minimum Gasteiger partial charge on any atom is -0.261 e. The summed E-state index contributed by atoms with van der Waals surface area (Å²) in [6, 6.07) is 6.59. The summed E-state index contributed by atoms with van der Waals surface area (Å²) in [4.78, 5) is 4.16. The second kappa shape index (κ2) is 4.22. The predicted molar refractivity (Wildman–Crippen MR) is 64.1 cm³/mol. The quantitative estimate of drug-likeness (QED) is 0.723. The summed E-state index contributed by atoms with van der Waals surface area (Å²) in [5.74, 6) is -0.304. The zero-order valence-electron chi connectivity index (χ0n) is 9.09. The van der Waals surface area contributed by atoms with Gasteiger partial charge in [0.25, 0.3) is 0 Å². The molecule has 0 saturated heterocycles. The second-order valence-electron chi connectivity index (χ2n) is 3.76. The van der Waals surface area contributed by atoms with Crippen LogP contribution in [0.15, 0.2) is 30.5 Å². The zero-order valence-corrected chi connectivity index (χ0v) is 9.85. The van der Waals surface area contributed by atoms with E-state index in [1.807, 2.05) is 19.9 Å². The summed E-state index contributed by atoms with van der Waals surface area (Å²) in [6.07, 6.45) is 1.75. The number of aromatic nitrogens is 1. The number of aryl methyl sites for hydroxylation is 2. The van der Waals surface area contributed by atoms with Gasteiger partial charge in [-0.2, -0.15) is 0 Å². The van der Waals surface area contributed by atoms with Crippen LogP contribution in [0, 0.1) is 19.7 Å². The molecule has 0 unspecified atom stereocenters. The van der Waals surface area contributed by atoms with Gasteiger partial charge in [0.05, 0.1) is 0 Å². The summed E-state index contributed by atoms with van der Waals surface area (Å²) in [5.41, 5.74) is 3.25. The molecule has 0 aliphatic carbocycles. The molecule has 1 aromatic carbocycles. The van der Waals surface area contributed by atoms with Crippen LogP contribution in [0.1, 0.15) is 11.3 Å². The Bertz CT molecular complexity index is 537. The smallest absolute Gasteiger partial charge is 0.132 e. The van der Waals surface area contributed by atoms with E-state index in [2.05, 4.69) is 4.98 Å². The number of benzene rings is 1. The average Bonchev–Trinajstić information content (AvgIpc) is 2.22. The zero-order chi connectivity index (χ0) is 11.7. The largest absolute Gasteiger partial charge is 0.261 e. The van der Waals surface area contributed by atoms with Crippen LogP contribution in [-0.2, 0) is 0 Å². The van der Waals surface area contributed by atoms with Crippen molar-refractivity contribution in [3.8, 4) is 11.1 Å². The SMILES string of the molecule is Cc1cc(-c2ccc(Cl)cc2F)c(C)cn1. The van der Waals surface area contributed by atoms with E-state index in [1.54, 1.807) is 18.3 Å². The number of rotatable bonds is 1. The summed E-state index contributed by atoms with van der Waals surface area (Å²) < 4.78 is 13.7. The van der Waals surface area contributed by atoms with Crippen molar-refractivity contribution >= 4 is 11.6 Å². The normalized spacial score (nSPS) is 10.5. The first-order valence-corrected chi connectivity index (χ1v) is 5.34. The first-order valence-electron chi connectivity index (χ1n) is 4.96. The molecule has 0 saturated carbocycles. The highest BCUT2D eigenvalue weighted by molar-refractivity contribution is 6.30. The standard InChI is InChI=1S/C13H11ClFN/c1-8-7-16-9(2)5-12(8)11-4-3-10(14)6-13(11)15/h3-7H,1-2H3. The highest BCUT2D eigenvalue weighted by atomic mass is 35.5. The Morgan fingerprint density at radius 2 is 1.88 bits per heavy atom. The highest BCUT2D eigenvalue weighted by Gasteiger charge is 2.08. The lowest BCUT2D eigenvalue weighted by atomic mass is 10.0. The van der Waals surface area contributed by atoms with E-state index >= 15 is 0 Å². The second-order valence-corrected chi connectivity index (χ2v) is 4.20. The average molecular weight is 236 g/mol. The molecule has 2 aromatic rings. The van der Waals surface area contributed by atoms with Crippen molar-refractivity contribution in [1.29, 1.82) is 0 Å². The third-order valence-electron chi connectivity index (χ3n) is 2.46. The van der Waals surface area contributed by atoms with Gasteiger partial charge in [-0.25, -0.2) is 4.39 Å². The van der Waals surface area contributed by atoms with Crippen molar-refractivity contribution in [2.24, 2.45) is 0 Å². The summed E-state index contributed by atoms with van der Waals surface area (Å²) in [7, 11) is 0. The molecule has 0 spiro atoms. The first-order chi connectivity index (χ1) is 7.58. The third-order valence-corrected chi connectivity index (χ3v) is 2.70. The number of hydrogen-bond donors (Lipinski definition) is 0. The van der Waals surface area contributed by atoms with Crippen molar-refractivity contribution in [1.82, 2.24) is 4.98 Å². The van der Waals surface area contributed by atoms with Gasteiger partial charge >= 0.3 is 0 Å². The van der Waals surface area contributed by atoms with Crippen molar-refractivity contribution < 1.29 is 4.39 Å². The van der Waals surface area contributed by atoms with E-state index in [-0.39, 0.29) is 5.82 Å². The van der Waals surface area contributed by atoms with Crippen molar-refractivity contribution in [2.75, 3.05) is 0 Å². The molecule has 82 valence electrons. The lowest BCUT2D eigenvalue weighted by Gasteiger charge is -2.08. The first kappa shape index (κ1) is 11.1. The fourth-order valence-corrected chi connectivity index (χ4v) is 1.79. The van der Waals surface area contributed by atoms with E-state index < -0.39 is 0 Å². The fraction of sp³-hybridized carbons (Fsp3) is 0.154. The van der Waals surface area contributed by atoms with Gasteiger partial charge in [0, 0.05) is 22.5 Å². The molecule has 0 bridgehead atoms. The van der Waals surface area contributed by atoms with Gasteiger partial charge in [-0.15, -0.1) is 0 Å².